The number of methoxy groups -OCH3 is 1. The number of carbonyl (C=O) groups excluding carboxylic acids is 1. The highest BCUT2D eigenvalue weighted by atomic mass is 16.5. The molecular weight excluding hydrogens is 232 g/mol. The summed E-state index contributed by atoms with van der Waals surface area (Å²) in [6, 6.07) is 7.20. The molecule has 0 bridgehead atoms. The van der Waals surface area contributed by atoms with Crippen molar-refractivity contribution in [2.45, 2.75) is 18.3 Å². The monoisotopic (exact) mass is 246 g/mol. The van der Waals surface area contributed by atoms with Crippen LogP contribution < -0.4 is 4.74 Å². The summed E-state index contributed by atoms with van der Waals surface area (Å²) in [5.41, 5.74) is 0.0705. The fourth-order valence-corrected chi connectivity index (χ4v) is 3.52. The van der Waals surface area contributed by atoms with Gasteiger partial charge >= 0.3 is 5.97 Å². The molecule has 0 aromatic heterocycles. The van der Waals surface area contributed by atoms with Gasteiger partial charge in [-0.25, -0.2) is 0 Å². The molecule has 1 unspecified atom stereocenters. The van der Waals surface area contributed by atoms with Gasteiger partial charge in [-0.05, 0) is 30.0 Å². The highest BCUT2D eigenvalue weighted by Crippen LogP contribution is 2.67. The molecule has 2 saturated carbocycles. The highest BCUT2D eigenvalue weighted by Gasteiger charge is 2.75. The number of carbonyl (C=O) groups is 2. The fourth-order valence-electron chi connectivity index (χ4n) is 3.52. The van der Waals surface area contributed by atoms with Crippen LogP contribution in [0.1, 0.15) is 18.4 Å². The van der Waals surface area contributed by atoms with E-state index < -0.39 is 17.3 Å². The van der Waals surface area contributed by atoms with Crippen molar-refractivity contribution >= 4 is 11.8 Å². The predicted octanol–water partition coefficient (Wildman–Crippen LogP) is 1.63. The van der Waals surface area contributed by atoms with Gasteiger partial charge in [-0.15, -0.1) is 0 Å². The number of rotatable bonds is 3. The van der Waals surface area contributed by atoms with E-state index in [1.165, 1.54) is 0 Å². The molecule has 18 heavy (non-hydrogen) atoms. The third kappa shape index (κ3) is 1.20. The minimum atomic E-state index is -0.858. The first-order chi connectivity index (χ1) is 8.62. The van der Waals surface area contributed by atoms with Gasteiger partial charge in [0.2, 0.25) is 0 Å². The average molecular weight is 246 g/mol. The highest BCUT2D eigenvalue weighted by molar-refractivity contribution is 6.03. The summed E-state index contributed by atoms with van der Waals surface area (Å²) in [6.07, 6.45) is 1.20. The van der Waals surface area contributed by atoms with Crippen LogP contribution in [0, 0.1) is 11.8 Å². The van der Waals surface area contributed by atoms with E-state index in [-0.39, 0.29) is 11.7 Å². The molecule has 0 spiro atoms. The lowest BCUT2D eigenvalue weighted by Gasteiger charge is -2.13. The molecule has 3 rings (SSSR count). The van der Waals surface area contributed by atoms with Crippen molar-refractivity contribution in [3.63, 3.8) is 0 Å². The molecule has 0 aliphatic heterocycles. The number of Topliss-reactive ketones (excluding diaryl/α,β-unsaturated/α-hetero) is 1. The normalized spacial score (nSPS) is 33.1. The zero-order chi connectivity index (χ0) is 12.9. The van der Waals surface area contributed by atoms with E-state index >= 15 is 0 Å². The van der Waals surface area contributed by atoms with Crippen molar-refractivity contribution in [2.75, 3.05) is 7.11 Å². The lowest BCUT2D eigenvalue weighted by molar-refractivity contribution is -0.141. The number of fused-ring (bicyclic) bond motifs is 1. The number of carboxylic acids is 1. The van der Waals surface area contributed by atoms with E-state index in [1.807, 2.05) is 12.1 Å². The van der Waals surface area contributed by atoms with Crippen LogP contribution in [-0.2, 0) is 15.0 Å². The molecule has 3 atom stereocenters. The molecule has 1 aromatic carbocycles. The first-order valence-electron chi connectivity index (χ1n) is 6.03. The molecule has 2 aliphatic rings. The quantitative estimate of drug-likeness (QED) is 0.880. The Labute approximate surface area is 105 Å². The molecule has 1 aromatic rings. The number of hydrogen-bond acceptors (Lipinski definition) is 3. The standard InChI is InChI=1S/C14H14O4/c1-18-9-4-2-8(3-5-9)14-10(6-7-11(14)15)12(14)13(16)17/h2-5,10,12H,6-7H2,1H3,(H,16,17)/t10?,12-,14-/m1/s1. The van der Waals surface area contributed by atoms with Crippen molar-refractivity contribution in [3.05, 3.63) is 29.8 Å². The molecule has 2 fully saturated rings. The van der Waals surface area contributed by atoms with Gasteiger partial charge in [0.15, 0.2) is 0 Å². The summed E-state index contributed by atoms with van der Waals surface area (Å²) in [4.78, 5) is 23.4. The van der Waals surface area contributed by atoms with E-state index in [4.69, 9.17) is 4.74 Å². The van der Waals surface area contributed by atoms with Crippen LogP contribution in [0.2, 0.25) is 0 Å². The molecule has 0 amide bonds. The van der Waals surface area contributed by atoms with E-state index in [9.17, 15) is 14.7 Å². The van der Waals surface area contributed by atoms with Crippen LogP contribution in [0.3, 0.4) is 0 Å². The summed E-state index contributed by atoms with van der Waals surface area (Å²) in [5, 5.41) is 9.23. The number of ether oxygens (including phenoxy) is 1. The SMILES string of the molecule is COc1ccc([C@]23C(=O)CCC2[C@@H]3C(=O)O)cc1. The van der Waals surface area contributed by atoms with Gasteiger partial charge < -0.3 is 9.84 Å². The summed E-state index contributed by atoms with van der Waals surface area (Å²) >= 11 is 0. The van der Waals surface area contributed by atoms with Crippen LogP contribution in [0.25, 0.3) is 0 Å². The minimum Gasteiger partial charge on any atom is -0.497 e. The second kappa shape index (κ2) is 3.57. The molecule has 1 N–H and O–H groups in total. The third-order valence-electron chi connectivity index (χ3n) is 4.35. The number of aliphatic carboxylic acids is 1. The molecule has 4 nitrogen and oxygen atoms in total. The van der Waals surface area contributed by atoms with Crippen molar-refractivity contribution in [1.29, 1.82) is 0 Å². The van der Waals surface area contributed by atoms with Gasteiger partial charge in [0, 0.05) is 6.42 Å². The lowest BCUT2D eigenvalue weighted by Crippen LogP contribution is -2.23. The predicted molar refractivity (Wildman–Crippen MR) is 63.5 cm³/mol. The Morgan fingerprint density at radius 2 is 2.06 bits per heavy atom. The van der Waals surface area contributed by atoms with Crippen LogP contribution in [0.15, 0.2) is 24.3 Å². The maximum atomic E-state index is 12.1. The molecule has 94 valence electrons. The van der Waals surface area contributed by atoms with Crippen LogP contribution in [0.4, 0.5) is 0 Å². The molecule has 4 heteroatoms. The van der Waals surface area contributed by atoms with Gasteiger partial charge in [0.25, 0.3) is 0 Å². The van der Waals surface area contributed by atoms with Gasteiger partial charge in [-0.2, -0.15) is 0 Å². The van der Waals surface area contributed by atoms with E-state index in [1.54, 1.807) is 19.2 Å². The molecule has 0 saturated heterocycles. The summed E-state index contributed by atoms with van der Waals surface area (Å²) < 4.78 is 5.08. The number of hydrogen-bond donors (Lipinski definition) is 1. The molecule has 0 radical (unpaired) electrons. The molecular formula is C14H14O4. The summed E-state index contributed by atoms with van der Waals surface area (Å²) in [5.74, 6) is -0.623. The van der Waals surface area contributed by atoms with E-state index in [0.717, 1.165) is 5.56 Å². The van der Waals surface area contributed by atoms with Crippen molar-refractivity contribution in [1.82, 2.24) is 0 Å². The van der Waals surface area contributed by atoms with E-state index in [0.29, 0.717) is 18.6 Å². The van der Waals surface area contributed by atoms with Crippen LogP contribution in [0.5, 0.6) is 5.75 Å². The largest absolute Gasteiger partial charge is 0.497 e. The Hall–Kier alpha value is -1.84. The lowest BCUT2D eigenvalue weighted by atomic mass is 9.89. The minimum absolute atomic E-state index is 0.0177. The number of ketones is 1. The second-order valence-corrected chi connectivity index (χ2v) is 4.98. The Morgan fingerprint density at radius 1 is 1.39 bits per heavy atom. The van der Waals surface area contributed by atoms with Crippen LogP contribution in [-0.4, -0.2) is 24.0 Å². The van der Waals surface area contributed by atoms with Gasteiger partial charge in [0.1, 0.15) is 11.5 Å². The Kier molecular flexibility index (Phi) is 2.24. The van der Waals surface area contributed by atoms with Crippen LogP contribution >= 0.6 is 0 Å². The zero-order valence-electron chi connectivity index (χ0n) is 10.1. The summed E-state index contributed by atoms with van der Waals surface area (Å²) in [6.45, 7) is 0. The Balaban J connectivity index is 2.02. The fraction of sp³-hybridized carbons (Fsp3) is 0.429. The smallest absolute Gasteiger partial charge is 0.308 e. The number of benzene rings is 1. The Morgan fingerprint density at radius 3 is 2.56 bits per heavy atom. The van der Waals surface area contributed by atoms with Gasteiger partial charge in [0.05, 0.1) is 18.4 Å². The first-order valence-corrected chi connectivity index (χ1v) is 6.03. The second-order valence-electron chi connectivity index (χ2n) is 4.98. The zero-order valence-corrected chi connectivity index (χ0v) is 10.1. The summed E-state index contributed by atoms with van der Waals surface area (Å²) in [7, 11) is 1.58. The Bertz CT molecular complexity index is 519. The third-order valence-corrected chi connectivity index (χ3v) is 4.35. The van der Waals surface area contributed by atoms with Gasteiger partial charge in [-0.1, -0.05) is 12.1 Å². The first kappa shape index (κ1) is 11.3. The molecule has 0 heterocycles. The topological polar surface area (TPSA) is 63.6 Å². The van der Waals surface area contributed by atoms with Gasteiger partial charge in [-0.3, -0.25) is 9.59 Å². The average Bonchev–Trinajstić information content (AvgIpc) is 2.96. The van der Waals surface area contributed by atoms with Crippen molar-refractivity contribution in [3.8, 4) is 5.75 Å². The molecule has 2 aliphatic carbocycles. The number of carboxylic acid groups (broad SMARTS) is 1. The maximum absolute atomic E-state index is 12.1. The van der Waals surface area contributed by atoms with E-state index in [2.05, 4.69) is 0 Å². The van der Waals surface area contributed by atoms with Crippen molar-refractivity contribution < 1.29 is 19.4 Å². The van der Waals surface area contributed by atoms with Crippen molar-refractivity contribution in [2.24, 2.45) is 11.8 Å². The maximum Gasteiger partial charge on any atom is 0.308 e.